The van der Waals surface area contributed by atoms with Crippen LogP contribution in [0.3, 0.4) is 0 Å². The minimum atomic E-state index is 0.540. The van der Waals surface area contributed by atoms with Gasteiger partial charge < -0.3 is 5.73 Å². The Labute approximate surface area is 56.6 Å². The van der Waals surface area contributed by atoms with Crippen LogP contribution in [0.25, 0.3) is 0 Å². The zero-order valence-corrected chi connectivity index (χ0v) is 5.84. The van der Waals surface area contributed by atoms with Crippen LogP contribution in [-0.4, -0.2) is 6.04 Å². The quantitative estimate of drug-likeness (QED) is 0.522. The minimum Gasteiger partial charge on any atom is -0.328 e. The molecule has 0 saturated heterocycles. The van der Waals surface area contributed by atoms with Crippen molar-refractivity contribution in [3.8, 4) is 0 Å². The fraction of sp³-hybridized carbons (Fsp3) is 1.00. The van der Waals surface area contributed by atoms with Gasteiger partial charge in [0.05, 0.1) is 0 Å². The van der Waals surface area contributed by atoms with Gasteiger partial charge >= 0.3 is 0 Å². The van der Waals surface area contributed by atoms with Gasteiger partial charge in [0.2, 0.25) is 0 Å². The van der Waals surface area contributed by atoms with Gasteiger partial charge in [-0.25, -0.2) is 0 Å². The molecule has 2 fully saturated rings. The third-order valence-corrected chi connectivity index (χ3v) is 2.89. The maximum atomic E-state index is 5.82. The molecule has 0 spiro atoms. The maximum Gasteiger partial charge on any atom is 0.00390 e. The molecule has 0 amide bonds. The number of hydrogen-bond acceptors (Lipinski definition) is 1. The summed E-state index contributed by atoms with van der Waals surface area (Å²) in [4.78, 5) is 0. The van der Waals surface area contributed by atoms with Crippen LogP contribution in [0, 0.1) is 11.8 Å². The smallest absolute Gasteiger partial charge is 0.00390 e. The summed E-state index contributed by atoms with van der Waals surface area (Å²) in [5.74, 6) is 2.19. The molecule has 0 aromatic carbocycles. The summed E-state index contributed by atoms with van der Waals surface area (Å²) in [6.07, 6.45) is 6.95. The summed E-state index contributed by atoms with van der Waals surface area (Å²) in [6, 6.07) is 0.540. The number of fused-ring (bicyclic) bond motifs is 1. The van der Waals surface area contributed by atoms with Crippen LogP contribution in [0.2, 0.25) is 0 Å². The molecular formula is C8H15N. The van der Waals surface area contributed by atoms with Crippen molar-refractivity contribution in [2.24, 2.45) is 17.6 Å². The summed E-state index contributed by atoms with van der Waals surface area (Å²) in [5.41, 5.74) is 5.82. The lowest BCUT2D eigenvalue weighted by atomic mass is 10.1. The van der Waals surface area contributed by atoms with Gasteiger partial charge in [-0.15, -0.1) is 0 Å². The van der Waals surface area contributed by atoms with Gasteiger partial charge in [0, 0.05) is 6.04 Å². The highest BCUT2D eigenvalue weighted by atomic mass is 14.6. The first kappa shape index (κ1) is 5.72. The van der Waals surface area contributed by atoms with E-state index in [1.807, 2.05) is 0 Å². The van der Waals surface area contributed by atoms with E-state index in [9.17, 15) is 0 Å². The van der Waals surface area contributed by atoms with Gasteiger partial charge in [-0.05, 0) is 43.9 Å². The lowest BCUT2D eigenvalue weighted by Gasteiger charge is -2.05. The molecular weight excluding hydrogens is 110 g/mol. The fourth-order valence-electron chi connectivity index (χ4n) is 2.02. The molecule has 0 heterocycles. The number of hydrogen-bond donors (Lipinski definition) is 1. The van der Waals surface area contributed by atoms with E-state index in [1.54, 1.807) is 0 Å². The van der Waals surface area contributed by atoms with Crippen molar-refractivity contribution in [2.45, 2.75) is 38.1 Å². The van der Waals surface area contributed by atoms with Crippen LogP contribution in [-0.2, 0) is 0 Å². The summed E-state index contributed by atoms with van der Waals surface area (Å²) in [6.45, 7) is 0. The molecule has 0 aromatic rings. The molecule has 1 nitrogen and oxygen atoms in total. The second-order valence-electron chi connectivity index (χ2n) is 3.67. The highest BCUT2D eigenvalue weighted by Gasteiger charge is 2.38. The zero-order chi connectivity index (χ0) is 6.27. The second-order valence-corrected chi connectivity index (χ2v) is 3.67. The standard InChI is InChI=1S/C8H15N/c9-8-3-1-6-5-7(6)2-4-8/h6-8H,1-5,9H2. The van der Waals surface area contributed by atoms with Crippen molar-refractivity contribution in [2.75, 3.05) is 0 Å². The summed E-state index contributed by atoms with van der Waals surface area (Å²) >= 11 is 0. The second kappa shape index (κ2) is 1.98. The molecule has 2 N–H and O–H groups in total. The predicted octanol–water partition coefficient (Wildman–Crippen LogP) is 1.52. The molecule has 9 heavy (non-hydrogen) atoms. The average Bonchev–Trinajstić information content (AvgIpc) is 2.54. The first-order valence-electron chi connectivity index (χ1n) is 4.12. The Morgan fingerprint density at radius 1 is 0.889 bits per heavy atom. The Morgan fingerprint density at radius 3 is 2.00 bits per heavy atom. The topological polar surface area (TPSA) is 26.0 Å². The molecule has 0 aliphatic heterocycles. The Bertz CT molecular complexity index is 95.1. The third kappa shape index (κ3) is 1.11. The highest BCUT2D eigenvalue weighted by Crippen LogP contribution is 2.47. The summed E-state index contributed by atoms with van der Waals surface area (Å²) in [7, 11) is 0. The van der Waals surface area contributed by atoms with Gasteiger partial charge in [0.15, 0.2) is 0 Å². The predicted molar refractivity (Wildman–Crippen MR) is 38.0 cm³/mol. The van der Waals surface area contributed by atoms with Crippen molar-refractivity contribution < 1.29 is 0 Å². The van der Waals surface area contributed by atoms with E-state index in [-0.39, 0.29) is 0 Å². The van der Waals surface area contributed by atoms with Crippen LogP contribution in [0.15, 0.2) is 0 Å². The molecule has 0 bridgehead atoms. The molecule has 2 aliphatic rings. The largest absolute Gasteiger partial charge is 0.328 e. The molecule has 1 heteroatoms. The first-order chi connectivity index (χ1) is 4.36. The summed E-state index contributed by atoms with van der Waals surface area (Å²) in [5, 5.41) is 0. The van der Waals surface area contributed by atoms with Crippen LogP contribution in [0.4, 0.5) is 0 Å². The average molecular weight is 125 g/mol. The van der Waals surface area contributed by atoms with E-state index in [4.69, 9.17) is 5.73 Å². The minimum absolute atomic E-state index is 0.540. The van der Waals surface area contributed by atoms with Gasteiger partial charge in [0.25, 0.3) is 0 Å². The molecule has 2 aliphatic carbocycles. The van der Waals surface area contributed by atoms with Crippen molar-refractivity contribution in [3.05, 3.63) is 0 Å². The SMILES string of the molecule is NC1CCC2CC2CC1. The maximum absolute atomic E-state index is 5.82. The fourth-order valence-corrected chi connectivity index (χ4v) is 2.02. The van der Waals surface area contributed by atoms with Gasteiger partial charge in [-0.3, -0.25) is 0 Å². The lowest BCUT2D eigenvalue weighted by Crippen LogP contribution is -2.18. The Hall–Kier alpha value is -0.0400. The highest BCUT2D eigenvalue weighted by molar-refractivity contribution is 4.90. The van der Waals surface area contributed by atoms with Crippen LogP contribution >= 0.6 is 0 Å². The van der Waals surface area contributed by atoms with Gasteiger partial charge in [-0.2, -0.15) is 0 Å². The van der Waals surface area contributed by atoms with Crippen LogP contribution < -0.4 is 5.73 Å². The van der Waals surface area contributed by atoms with Crippen LogP contribution in [0.5, 0.6) is 0 Å². The summed E-state index contributed by atoms with van der Waals surface area (Å²) < 4.78 is 0. The molecule has 0 radical (unpaired) electrons. The molecule has 2 saturated carbocycles. The monoisotopic (exact) mass is 125 g/mol. The molecule has 0 aromatic heterocycles. The Kier molecular flexibility index (Phi) is 1.26. The normalized spacial score (nSPS) is 49.7. The van der Waals surface area contributed by atoms with E-state index in [2.05, 4.69) is 0 Å². The molecule has 2 atom stereocenters. The van der Waals surface area contributed by atoms with E-state index in [0.29, 0.717) is 6.04 Å². The molecule has 2 unspecified atom stereocenters. The van der Waals surface area contributed by atoms with Crippen molar-refractivity contribution in [1.82, 2.24) is 0 Å². The van der Waals surface area contributed by atoms with Gasteiger partial charge in [-0.1, -0.05) is 0 Å². The lowest BCUT2D eigenvalue weighted by molar-refractivity contribution is 0.549. The van der Waals surface area contributed by atoms with Crippen molar-refractivity contribution in [1.29, 1.82) is 0 Å². The van der Waals surface area contributed by atoms with Crippen molar-refractivity contribution >= 4 is 0 Å². The van der Waals surface area contributed by atoms with E-state index in [0.717, 1.165) is 11.8 Å². The molecule has 2 rings (SSSR count). The number of rotatable bonds is 0. The van der Waals surface area contributed by atoms with Gasteiger partial charge in [0.1, 0.15) is 0 Å². The molecule has 52 valence electrons. The number of nitrogens with two attached hydrogens (primary N) is 1. The van der Waals surface area contributed by atoms with E-state index < -0.39 is 0 Å². The van der Waals surface area contributed by atoms with Crippen molar-refractivity contribution in [3.63, 3.8) is 0 Å². The Balaban J connectivity index is 1.89. The Morgan fingerprint density at radius 2 is 1.44 bits per heavy atom. The van der Waals surface area contributed by atoms with Crippen LogP contribution in [0.1, 0.15) is 32.1 Å². The zero-order valence-electron chi connectivity index (χ0n) is 5.84. The van der Waals surface area contributed by atoms with E-state index in [1.165, 1.54) is 32.1 Å². The third-order valence-electron chi connectivity index (χ3n) is 2.89. The van der Waals surface area contributed by atoms with E-state index >= 15 is 0 Å². The first-order valence-corrected chi connectivity index (χ1v) is 4.12.